The molecule has 2 aliphatic rings. The highest BCUT2D eigenvalue weighted by atomic mass is 16.2. The van der Waals surface area contributed by atoms with Gasteiger partial charge in [-0.2, -0.15) is 0 Å². The second-order valence-electron chi connectivity index (χ2n) is 8.67. The molecule has 2 atom stereocenters. The molecule has 30 heavy (non-hydrogen) atoms. The van der Waals surface area contributed by atoms with Crippen LogP contribution >= 0.6 is 0 Å². The van der Waals surface area contributed by atoms with Gasteiger partial charge in [0.2, 0.25) is 5.91 Å². The van der Waals surface area contributed by atoms with Crippen LogP contribution < -0.4 is 5.32 Å². The van der Waals surface area contributed by atoms with E-state index in [4.69, 9.17) is 0 Å². The molecule has 0 unspecified atom stereocenters. The molecular weight excluding hydrogens is 382 g/mol. The summed E-state index contributed by atoms with van der Waals surface area (Å²) in [6, 6.07) is 7.31. The van der Waals surface area contributed by atoms with Crippen molar-refractivity contribution in [3.05, 3.63) is 35.4 Å². The molecule has 1 aliphatic heterocycles. The van der Waals surface area contributed by atoms with Crippen LogP contribution in [0.1, 0.15) is 63.5 Å². The van der Waals surface area contributed by atoms with Gasteiger partial charge in [-0.05, 0) is 42.2 Å². The first-order chi connectivity index (χ1) is 14.3. The van der Waals surface area contributed by atoms with Crippen LogP contribution in [0.3, 0.4) is 0 Å². The molecule has 2 fully saturated rings. The van der Waals surface area contributed by atoms with Crippen LogP contribution in [0.5, 0.6) is 0 Å². The minimum atomic E-state index is -0.905. The lowest BCUT2D eigenvalue weighted by Crippen LogP contribution is -2.47. The first-order valence-electron chi connectivity index (χ1n) is 10.8. The van der Waals surface area contributed by atoms with E-state index in [0.717, 1.165) is 34.6 Å². The number of urea groups is 1. The average molecular weight is 414 g/mol. The zero-order valence-corrected chi connectivity index (χ0v) is 18.0. The maximum absolute atomic E-state index is 12.7. The summed E-state index contributed by atoms with van der Waals surface area (Å²) in [7, 11) is 0. The molecule has 1 aromatic rings. The smallest absolute Gasteiger partial charge is 0.334 e. The van der Waals surface area contributed by atoms with E-state index in [1.165, 1.54) is 5.56 Å². The Kier molecular flexibility index (Phi) is 6.90. The number of nitrogens with zero attached hydrogens (tertiary/aromatic N) is 2. The number of carbonyl (C=O) groups is 4. The van der Waals surface area contributed by atoms with Gasteiger partial charge in [-0.3, -0.25) is 19.3 Å². The number of amides is 5. The van der Waals surface area contributed by atoms with Crippen molar-refractivity contribution in [2.75, 3.05) is 13.1 Å². The van der Waals surface area contributed by atoms with E-state index in [0.29, 0.717) is 25.3 Å². The highest BCUT2D eigenvalue weighted by Gasteiger charge is 2.49. The summed E-state index contributed by atoms with van der Waals surface area (Å²) >= 11 is 0. The topological polar surface area (TPSA) is 86.8 Å². The lowest BCUT2D eigenvalue weighted by Gasteiger charge is -2.34. The summed E-state index contributed by atoms with van der Waals surface area (Å²) in [6.45, 7) is 6.24. The van der Waals surface area contributed by atoms with E-state index in [2.05, 4.69) is 31.3 Å². The molecule has 162 valence electrons. The number of hydrogen-bond acceptors (Lipinski definition) is 4. The molecule has 5 amide bonds. The Balaban J connectivity index is 1.52. The molecule has 0 bridgehead atoms. The second-order valence-corrected chi connectivity index (χ2v) is 8.67. The summed E-state index contributed by atoms with van der Waals surface area (Å²) in [5, 5.41) is 2.74. The Morgan fingerprint density at radius 2 is 1.73 bits per heavy atom. The fourth-order valence-electron chi connectivity index (χ4n) is 4.25. The van der Waals surface area contributed by atoms with Crippen molar-refractivity contribution in [3.63, 3.8) is 0 Å². The molecule has 1 N–H and O–H groups in total. The van der Waals surface area contributed by atoms with Gasteiger partial charge in [-0.15, -0.1) is 0 Å². The third-order valence-corrected chi connectivity index (χ3v) is 6.17. The number of carbonyl (C=O) groups excluding carboxylic acids is 4. The number of nitrogens with one attached hydrogen (secondary N) is 1. The van der Waals surface area contributed by atoms with Crippen LogP contribution in [0.25, 0.3) is 0 Å². The van der Waals surface area contributed by atoms with Crippen LogP contribution in [0.2, 0.25) is 0 Å². The summed E-state index contributed by atoms with van der Waals surface area (Å²) in [5.41, 5.74) is 2.36. The lowest BCUT2D eigenvalue weighted by atomic mass is 9.85. The fraction of sp³-hybridized carbons (Fsp3) is 0.565. The number of imide groups is 2. The Labute approximate surface area is 177 Å². The SMILES string of the molecule is CC(C)c1ccc(CCNC(=O)CN2C(=O)C(=O)N([C@H]3CCCC[C@H]3C)C2=O)cc1. The Morgan fingerprint density at radius 3 is 2.37 bits per heavy atom. The minimum Gasteiger partial charge on any atom is -0.354 e. The Bertz CT molecular complexity index is 818. The van der Waals surface area contributed by atoms with E-state index >= 15 is 0 Å². The molecule has 1 saturated heterocycles. The third kappa shape index (κ3) is 4.71. The normalized spacial score (nSPS) is 22.2. The van der Waals surface area contributed by atoms with Gasteiger partial charge in [0.15, 0.2) is 0 Å². The van der Waals surface area contributed by atoms with E-state index < -0.39 is 30.3 Å². The summed E-state index contributed by atoms with van der Waals surface area (Å²) in [6.07, 6.45) is 4.28. The highest BCUT2D eigenvalue weighted by molar-refractivity contribution is 6.45. The molecule has 7 heteroatoms. The van der Waals surface area contributed by atoms with Crippen LogP contribution in [0.15, 0.2) is 24.3 Å². The molecule has 1 saturated carbocycles. The monoisotopic (exact) mass is 413 g/mol. The van der Waals surface area contributed by atoms with Gasteiger partial charge >= 0.3 is 17.8 Å². The summed E-state index contributed by atoms with van der Waals surface area (Å²) < 4.78 is 0. The van der Waals surface area contributed by atoms with E-state index in [9.17, 15) is 19.2 Å². The van der Waals surface area contributed by atoms with Crippen molar-refractivity contribution in [1.82, 2.24) is 15.1 Å². The van der Waals surface area contributed by atoms with Gasteiger partial charge in [0.1, 0.15) is 6.54 Å². The lowest BCUT2D eigenvalue weighted by molar-refractivity contribution is -0.145. The van der Waals surface area contributed by atoms with Crippen molar-refractivity contribution in [2.24, 2.45) is 5.92 Å². The third-order valence-electron chi connectivity index (χ3n) is 6.17. The second kappa shape index (κ2) is 9.41. The van der Waals surface area contributed by atoms with Gasteiger partial charge in [0, 0.05) is 12.6 Å². The predicted octanol–water partition coefficient (Wildman–Crippen LogP) is 2.84. The zero-order chi connectivity index (χ0) is 21.8. The molecule has 0 spiro atoms. The van der Waals surface area contributed by atoms with Crippen molar-refractivity contribution in [2.45, 2.75) is 64.8 Å². The van der Waals surface area contributed by atoms with E-state index in [-0.39, 0.29) is 12.0 Å². The quantitative estimate of drug-likeness (QED) is 0.550. The number of rotatable bonds is 7. The van der Waals surface area contributed by atoms with Crippen molar-refractivity contribution in [3.8, 4) is 0 Å². The molecule has 3 rings (SSSR count). The Hall–Kier alpha value is -2.70. The molecule has 0 radical (unpaired) electrons. The molecule has 1 heterocycles. The largest absolute Gasteiger partial charge is 0.354 e. The maximum Gasteiger partial charge on any atom is 0.334 e. The number of benzene rings is 1. The Morgan fingerprint density at radius 1 is 1.07 bits per heavy atom. The molecule has 0 aromatic heterocycles. The van der Waals surface area contributed by atoms with E-state index in [1.807, 2.05) is 19.1 Å². The molecule has 1 aromatic carbocycles. The van der Waals surface area contributed by atoms with Gasteiger partial charge in [-0.25, -0.2) is 9.69 Å². The van der Waals surface area contributed by atoms with Crippen molar-refractivity contribution < 1.29 is 19.2 Å². The van der Waals surface area contributed by atoms with E-state index in [1.54, 1.807) is 0 Å². The van der Waals surface area contributed by atoms with Crippen molar-refractivity contribution >= 4 is 23.8 Å². The van der Waals surface area contributed by atoms with Gasteiger partial charge in [0.25, 0.3) is 0 Å². The maximum atomic E-state index is 12.7. The van der Waals surface area contributed by atoms with Crippen LogP contribution in [0.4, 0.5) is 4.79 Å². The molecule has 7 nitrogen and oxygen atoms in total. The van der Waals surface area contributed by atoms with Gasteiger partial charge in [0.05, 0.1) is 0 Å². The minimum absolute atomic E-state index is 0.162. The molecular formula is C23H31N3O4. The van der Waals surface area contributed by atoms with Crippen molar-refractivity contribution in [1.29, 1.82) is 0 Å². The highest BCUT2D eigenvalue weighted by Crippen LogP contribution is 2.31. The standard InChI is InChI=1S/C23H31N3O4/c1-15(2)18-10-8-17(9-11-18)12-13-24-20(27)14-25-21(28)22(29)26(23(25)30)19-7-5-4-6-16(19)3/h8-11,15-16,19H,4-7,12-14H2,1-3H3,(H,24,27)/t16-,19+/m1/s1. The van der Waals surface area contributed by atoms with Gasteiger partial charge < -0.3 is 5.32 Å². The summed E-state index contributed by atoms with van der Waals surface area (Å²) in [4.78, 5) is 51.6. The summed E-state index contributed by atoms with van der Waals surface area (Å²) in [5.74, 6) is -1.53. The van der Waals surface area contributed by atoms with Crippen LogP contribution in [-0.2, 0) is 20.8 Å². The first kappa shape index (κ1) is 22.0. The zero-order valence-electron chi connectivity index (χ0n) is 18.0. The molecule has 1 aliphatic carbocycles. The number of hydrogen-bond donors (Lipinski definition) is 1. The van der Waals surface area contributed by atoms with Crippen LogP contribution in [0, 0.1) is 5.92 Å². The fourth-order valence-corrected chi connectivity index (χ4v) is 4.25. The van der Waals surface area contributed by atoms with Crippen LogP contribution in [-0.4, -0.2) is 52.7 Å². The first-order valence-corrected chi connectivity index (χ1v) is 10.8. The average Bonchev–Trinajstić information content (AvgIpc) is 2.92. The predicted molar refractivity (Wildman–Crippen MR) is 113 cm³/mol. The van der Waals surface area contributed by atoms with Gasteiger partial charge in [-0.1, -0.05) is 57.9 Å².